The van der Waals surface area contributed by atoms with Gasteiger partial charge in [0.05, 0.1) is 0 Å². The Balaban J connectivity index is 1.46. The van der Waals surface area contributed by atoms with E-state index in [2.05, 4.69) is 5.32 Å². The minimum Gasteiger partial charge on any atom is -0.444 e. The molecule has 0 spiro atoms. The molecule has 1 aliphatic heterocycles. The van der Waals surface area contributed by atoms with E-state index in [1.54, 1.807) is 9.80 Å². The predicted molar refractivity (Wildman–Crippen MR) is 119 cm³/mol. The highest BCUT2D eigenvalue weighted by atomic mass is 16.6. The first kappa shape index (κ1) is 23.1. The summed E-state index contributed by atoms with van der Waals surface area (Å²) in [5.41, 5.74) is 1.07. The molecule has 1 saturated carbocycles. The molecule has 7 heteroatoms. The summed E-state index contributed by atoms with van der Waals surface area (Å²) in [6.45, 7) is 7.91. The van der Waals surface area contributed by atoms with Crippen LogP contribution in [0, 0.1) is 5.92 Å². The molecule has 1 aromatic rings. The smallest absolute Gasteiger partial charge is 0.410 e. The summed E-state index contributed by atoms with van der Waals surface area (Å²) < 4.78 is 5.40. The van der Waals surface area contributed by atoms with Gasteiger partial charge in [-0.05, 0) is 51.3 Å². The van der Waals surface area contributed by atoms with Crippen molar-refractivity contribution in [2.75, 3.05) is 26.2 Å². The van der Waals surface area contributed by atoms with Gasteiger partial charge in [0.15, 0.2) is 0 Å². The van der Waals surface area contributed by atoms with Gasteiger partial charge in [-0.2, -0.15) is 0 Å². The maximum absolute atomic E-state index is 12.8. The number of hydrogen-bond acceptors (Lipinski definition) is 4. The van der Waals surface area contributed by atoms with E-state index < -0.39 is 5.60 Å². The molecule has 3 rings (SSSR count). The SMILES string of the molecule is CC(C)(C)OC(=O)N1CCN(C(=O)c2ccc(CNC(=O)C3CCCCC3)cc2)CC1. The third kappa shape index (κ3) is 6.71. The van der Waals surface area contributed by atoms with Gasteiger partial charge in [-0.15, -0.1) is 0 Å². The lowest BCUT2D eigenvalue weighted by atomic mass is 9.88. The lowest BCUT2D eigenvalue weighted by Crippen LogP contribution is -2.51. The minimum atomic E-state index is -0.526. The Morgan fingerprint density at radius 1 is 0.935 bits per heavy atom. The van der Waals surface area contributed by atoms with Gasteiger partial charge in [-0.3, -0.25) is 9.59 Å². The van der Waals surface area contributed by atoms with Crippen LogP contribution in [0.25, 0.3) is 0 Å². The van der Waals surface area contributed by atoms with Crippen LogP contribution in [-0.2, 0) is 16.1 Å². The first-order valence-electron chi connectivity index (χ1n) is 11.4. The van der Waals surface area contributed by atoms with Gasteiger partial charge in [-0.1, -0.05) is 31.4 Å². The molecule has 1 aromatic carbocycles. The summed E-state index contributed by atoms with van der Waals surface area (Å²) >= 11 is 0. The van der Waals surface area contributed by atoms with Crippen LogP contribution in [0.3, 0.4) is 0 Å². The van der Waals surface area contributed by atoms with Crippen molar-refractivity contribution in [3.05, 3.63) is 35.4 Å². The Morgan fingerprint density at radius 3 is 2.10 bits per heavy atom. The summed E-state index contributed by atoms with van der Waals surface area (Å²) in [5.74, 6) is 0.248. The fraction of sp³-hybridized carbons (Fsp3) is 0.625. The number of nitrogens with one attached hydrogen (secondary N) is 1. The van der Waals surface area contributed by atoms with Crippen LogP contribution in [0.4, 0.5) is 4.79 Å². The molecule has 2 fully saturated rings. The predicted octanol–water partition coefficient (Wildman–Crippen LogP) is 3.58. The number of piperazine rings is 1. The molecule has 31 heavy (non-hydrogen) atoms. The fourth-order valence-corrected chi connectivity index (χ4v) is 4.06. The van der Waals surface area contributed by atoms with Gasteiger partial charge < -0.3 is 19.9 Å². The van der Waals surface area contributed by atoms with Crippen LogP contribution in [0.5, 0.6) is 0 Å². The molecule has 1 heterocycles. The second-order valence-electron chi connectivity index (χ2n) is 9.51. The van der Waals surface area contributed by atoms with Crippen LogP contribution in [-0.4, -0.2) is 59.5 Å². The zero-order chi connectivity index (χ0) is 22.4. The van der Waals surface area contributed by atoms with Crippen LogP contribution in [0.1, 0.15) is 68.8 Å². The lowest BCUT2D eigenvalue weighted by Gasteiger charge is -2.35. The second kappa shape index (κ2) is 10.2. The zero-order valence-corrected chi connectivity index (χ0v) is 19.0. The van der Waals surface area contributed by atoms with Gasteiger partial charge in [0.2, 0.25) is 5.91 Å². The van der Waals surface area contributed by atoms with E-state index >= 15 is 0 Å². The Kier molecular flexibility index (Phi) is 7.57. The van der Waals surface area contributed by atoms with Crippen molar-refractivity contribution in [1.29, 1.82) is 0 Å². The molecule has 2 aliphatic rings. The van der Waals surface area contributed by atoms with E-state index in [1.165, 1.54) is 6.42 Å². The number of benzene rings is 1. The van der Waals surface area contributed by atoms with Crippen LogP contribution < -0.4 is 5.32 Å². The molecule has 7 nitrogen and oxygen atoms in total. The first-order valence-corrected chi connectivity index (χ1v) is 11.4. The van der Waals surface area contributed by atoms with E-state index in [1.807, 2.05) is 45.0 Å². The maximum Gasteiger partial charge on any atom is 0.410 e. The average molecular weight is 430 g/mol. The first-order chi connectivity index (χ1) is 14.7. The van der Waals surface area contributed by atoms with Gasteiger partial charge in [0.25, 0.3) is 5.91 Å². The summed E-state index contributed by atoms with van der Waals surface area (Å²) in [6.07, 6.45) is 5.15. The Bertz CT molecular complexity index is 771. The van der Waals surface area contributed by atoms with Crippen molar-refractivity contribution in [3.8, 4) is 0 Å². The third-order valence-corrected chi connectivity index (χ3v) is 5.86. The molecule has 1 saturated heterocycles. The number of carbonyl (C=O) groups is 3. The lowest BCUT2D eigenvalue weighted by molar-refractivity contribution is -0.126. The fourth-order valence-electron chi connectivity index (χ4n) is 4.06. The second-order valence-corrected chi connectivity index (χ2v) is 9.51. The molecule has 0 atom stereocenters. The molecule has 0 unspecified atom stereocenters. The molecule has 1 N–H and O–H groups in total. The highest BCUT2D eigenvalue weighted by molar-refractivity contribution is 5.94. The molecule has 0 radical (unpaired) electrons. The Labute approximate surface area is 185 Å². The average Bonchev–Trinajstić information content (AvgIpc) is 2.77. The van der Waals surface area contributed by atoms with E-state index in [0.717, 1.165) is 31.2 Å². The number of nitrogens with zero attached hydrogens (tertiary/aromatic N) is 2. The molecule has 0 bridgehead atoms. The third-order valence-electron chi connectivity index (χ3n) is 5.86. The Morgan fingerprint density at radius 2 is 1.52 bits per heavy atom. The Hall–Kier alpha value is -2.57. The standard InChI is InChI=1S/C24H35N3O4/c1-24(2,3)31-23(30)27-15-13-26(14-16-27)22(29)20-11-9-18(10-12-20)17-25-21(28)19-7-5-4-6-8-19/h9-12,19H,4-8,13-17H2,1-3H3,(H,25,28). The largest absolute Gasteiger partial charge is 0.444 e. The van der Waals surface area contributed by atoms with Crippen molar-refractivity contribution >= 4 is 17.9 Å². The van der Waals surface area contributed by atoms with Gasteiger partial charge in [0, 0.05) is 44.2 Å². The highest BCUT2D eigenvalue weighted by Crippen LogP contribution is 2.23. The van der Waals surface area contributed by atoms with E-state index in [9.17, 15) is 14.4 Å². The number of hydrogen-bond donors (Lipinski definition) is 1. The topological polar surface area (TPSA) is 79.0 Å². The summed E-state index contributed by atoms with van der Waals surface area (Å²) in [4.78, 5) is 40.7. The normalized spacial score (nSPS) is 17.9. The number of ether oxygens (including phenoxy) is 1. The number of carbonyl (C=O) groups excluding carboxylic acids is 3. The van der Waals surface area contributed by atoms with E-state index in [-0.39, 0.29) is 23.8 Å². The molecular weight excluding hydrogens is 394 g/mol. The molecular formula is C24H35N3O4. The summed E-state index contributed by atoms with van der Waals surface area (Å²) in [7, 11) is 0. The molecule has 0 aromatic heterocycles. The molecule has 170 valence electrons. The summed E-state index contributed by atoms with van der Waals surface area (Å²) in [5, 5.41) is 3.03. The van der Waals surface area contributed by atoms with Crippen LogP contribution >= 0.6 is 0 Å². The maximum atomic E-state index is 12.8. The van der Waals surface area contributed by atoms with Crippen molar-refractivity contribution in [1.82, 2.24) is 15.1 Å². The van der Waals surface area contributed by atoms with Crippen molar-refractivity contribution in [2.24, 2.45) is 5.92 Å². The van der Waals surface area contributed by atoms with Crippen molar-refractivity contribution in [2.45, 2.75) is 65.0 Å². The van der Waals surface area contributed by atoms with Crippen molar-refractivity contribution in [3.63, 3.8) is 0 Å². The monoisotopic (exact) mass is 429 g/mol. The van der Waals surface area contributed by atoms with E-state index in [0.29, 0.717) is 38.3 Å². The number of rotatable bonds is 4. The van der Waals surface area contributed by atoms with Crippen LogP contribution in [0.2, 0.25) is 0 Å². The van der Waals surface area contributed by atoms with Gasteiger partial charge in [0.1, 0.15) is 5.60 Å². The molecule has 3 amide bonds. The van der Waals surface area contributed by atoms with Gasteiger partial charge >= 0.3 is 6.09 Å². The zero-order valence-electron chi connectivity index (χ0n) is 19.0. The van der Waals surface area contributed by atoms with Crippen LogP contribution in [0.15, 0.2) is 24.3 Å². The van der Waals surface area contributed by atoms with Crippen molar-refractivity contribution < 1.29 is 19.1 Å². The molecule has 1 aliphatic carbocycles. The van der Waals surface area contributed by atoms with Gasteiger partial charge in [-0.25, -0.2) is 4.79 Å². The van der Waals surface area contributed by atoms with E-state index in [4.69, 9.17) is 4.74 Å². The highest BCUT2D eigenvalue weighted by Gasteiger charge is 2.28. The number of amides is 3. The summed E-state index contributed by atoms with van der Waals surface area (Å²) in [6, 6.07) is 7.41. The quantitative estimate of drug-likeness (QED) is 0.794. The minimum absolute atomic E-state index is 0.0402.